The van der Waals surface area contributed by atoms with Crippen molar-refractivity contribution in [3.63, 3.8) is 0 Å². The van der Waals surface area contributed by atoms with Gasteiger partial charge in [0.15, 0.2) is 0 Å². The maximum absolute atomic E-state index is 9.53. The van der Waals surface area contributed by atoms with Crippen LogP contribution in [0.15, 0.2) is 54.7 Å². The summed E-state index contributed by atoms with van der Waals surface area (Å²) in [7, 11) is 0. The number of rotatable bonds is 3. The third-order valence-electron chi connectivity index (χ3n) is 3.10. The minimum atomic E-state index is 0.0326. The molecule has 1 heterocycles. The molecule has 0 saturated heterocycles. The summed E-state index contributed by atoms with van der Waals surface area (Å²) in [6.45, 7) is 0.387. The van der Waals surface area contributed by atoms with E-state index in [1.165, 1.54) is 6.07 Å². The number of nitrogens with two attached hydrogens (primary N) is 1. The van der Waals surface area contributed by atoms with Crippen LogP contribution in [-0.2, 0) is 6.61 Å². The Hall–Kier alpha value is -2.75. The summed E-state index contributed by atoms with van der Waals surface area (Å²) < 4.78 is 5.65. The van der Waals surface area contributed by atoms with Gasteiger partial charge in [-0.05, 0) is 35.9 Å². The summed E-state index contributed by atoms with van der Waals surface area (Å²) in [5.41, 5.74) is 7.98. The Morgan fingerprint density at radius 1 is 1.10 bits per heavy atom. The predicted molar refractivity (Wildman–Crippen MR) is 78.6 cm³/mol. The maximum Gasteiger partial charge on any atom is 0.146 e. The molecule has 0 aliphatic heterocycles. The number of para-hydroxylation sites is 1. The molecule has 0 radical (unpaired) electrons. The number of aromatic hydroxyl groups is 1. The molecular formula is C16H14N2O2. The summed E-state index contributed by atoms with van der Waals surface area (Å²) in [6.07, 6.45) is 1.77. The van der Waals surface area contributed by atoms with Gasteiger partial charge in [0, 0.05) is 11.6 Å². The molecule has 1 aromatic heterocycles. The average Bonchev–Trinajstić information content (AvgIpc) is 2.48. The monoisotopic (exact) mass is 266 g/mol. The van der Waals surface area contributed by atoms with Crippen molar-refractivity contribution >= 4 is 16.6 Å². The highest BCUT2D eigenvalue weighted by Gasteiger charge is 2.05. The van der Waals surface area contributed by atoms with Gasteiger partial charge in [0.25, 0.3) is 0 Å². The van der Waals surface area contributed by atoms with E-state index in [2.05, 4.69) is 4.98 Å². The zero-order valence-corrected chi connectivity index (χ0v) is 10.8. The molecule has 0 fully saturated rings. The lowest BCUT2D eigenvalue weighted by molar-refractivity contribution is 0.306. The fraction of sp³-hybridized carbons (Fsp3) is 0.0625. The second-order valence-electron chi connectivity index (χ2n) is 4.51. The first kappa shape index (κ1) is 12.3. The quantitative estimate of drug-likeness (QED) is 0.564. The first-order valence-electron chi connectivity index (χ1n) is 6.28. The lowest BCUT2D eigenvalue weighted by Gasteiger charge is -2.10. The predicted octanol–water partition coefficient (Wildman–Crippen LogP) is 3.10. The fourth-order valence-corrected chi connectivity index (χ4v) is 2.03. The SMILES string of the molecule is Nc1c(O)cccc1OCc1ccc2ncccc2c1. The van der Waals surface area contributed by atoms with Gasteiger partial charge in [0.1, 0.15) is 23.8 Å². The Balaban J connectivity index is 1.81. The summed E-state index contributed by atoms with van der Waals surface area (Å²) in [5, 5.41) is 10.6. The van der Waals surface area contributed by atoms with Crippen molar-refractivity contribution in [1.29, 1.82) is 0 Å². The van der Waals surface area contributed by atoms with Gasteiger partial charge in [0.05, 0.1) is 5.52 Å². The molecule has 3 aromatic rings. The molecule has 0 aliphatic carbocycles. The molecule has 0 spiro atoms. The van der Waals surface area contributed by atoms with E-state index in [0.29, 0.717) is 12.4 Å². The van der Waals surface area contributed by atoms with Gasteiger partial charge in [0.2, 0.25) is 0 Å². The number of ether oxygens (including phenoxy) is 1. The second-order valence-corrected chi connectivity index (χ2v) is 4.51. The first-order chi connectivity index (χ1) is 9.74. The molecule has 3 rings (SSSR count). The van der Waals surface area contributed by atoms with Gasteiger partial charge in [-0.15, -0.1) is 0 Å². The standard InChI is InChI=1S/C16H14N2O2/c17-16-14(19)4-1-5-15(16)20-10-11-6-7-13-12(9-11)3-2-8-18-13/h1-9,19H,10,17H2. The molecular weight excluding hydrogens is 252 g/mol. The van der Waals surface area contributed by atoms with Gasteiger partial charge in [-0.1, -0.05) is 18.2 Å². The molecule has 0 atom stereocenters. The minimum absolute atomic E-state index is 0.0326. The highest BCUT2D eigenvalue weighted by atomic mass is 16.5. The fourth-order valence-electron chi connectivity index (χ4n) is 2.03. The van der Waals surface area contributed by atoms with Gasteiger partial charge < -0.3 is 15.6 Å². The minimum Gasteiger partial charge on any atom is -0.506 e. The lowest BCUT2D eigenvalue weighted by Crippen LogP contribution is -1.99. The number of anilines is 1. The van der Waals surface area contributed by atoms with Crippen molar-refractivity contribution in [1.82, 2.24) is 4.98 Å². The zero-order chi connectivity index (χ0) is 13.9. The summed E-state index contributed by atoms with van der Waals surface area (Å²) >= 11 is 0. The Bertz CT molecular complexity index is 756. The number of hydrogen-bond donors (Lipinski definition) is 2. The molecule has 3 N–H and O–H groups in total. The van der Waals surface area contributed by atoms with Crippen molar-refractivity contribution in [2.75, 3.05) is 5.73 Å². The molecule has 4 heteroatoms. The van der Waals surface area contributed by atoms with Crippen LogP contribution in [0.5, 0.6) is 11.5 Å². The van der Waals surface area contributed by atoms with Crippen LogP contribution < -0.4 is 10.5 Å². The van der Waals surface area contributed by atoms with E-state index in [-0.39, 0.29) is 11.4 Å². The summed E-state index contributed by atoms with van der Waals surface area (Å²) in [4.78, 5) is 4.27. The van der Waals surface area contributed by atoms with Gasteiger partial charge in [-0.25, -0.2) is 0 Å². The summed E-state index contributed by atoms with van der Waals surface area (Å²) in [5.74, 6) is 0.515. The van der Waals surface area contributed by atoms with Crippen molar-refractivity contribution in [2.45, 2.75) is 6.61 Å². The van der Waals surface area contributed by atoms with Gasteiger partial charge >= 0.3 is 0 Å². The largest absolute Gasteiger partial charge is 0.506 e. The number of pyridine rings is 1. The average molecular weight is 266 g/mol. The summed E-state index contributed by atoms with van der Waals surface area (Å²) in [6, 6.07) is 14.8. The topological polar surface area (TPSA) is 68.4 Å². The molecule has 0 aliphatic rings. The van der Waals surface area contributed by atoms with Gasteiger partial charge in [-0.2, -0.15) is 0 Å². The van der Waals surface area contributed by atoms with Crippen molar-refractivity contribution in [3.05, 3.63) is 60.3 Å². The first-order valence-corrected chi connectivity index (χ1v) is 6.28. The Labute approximate surface area is 116 Å². The lowest BCUT2D eigenvalue weighted by atomic mass is 10.1. The van der Waals surface area contributed by atoms with Crippen LogP contribution >= 0.6 is 0 Å². The van der Waals surface area contributed by atoms with E-state index < -0.39 is 0 Å². The number of aromatic nitrogens is 1. The van der Waals surface area contributed by atoms with E-state index >= 15 is 0 Å². The van der Waals surface area contributed by atoms with Crippen LogP contribution in [0.3, 0.4) is 0 Å². The second kappa shape index (κ2) is 5.09. The molecule has 0 saturated carbocycles. The third kappa shape index (κ3) is 2.36. The highest BCUT2D eigenvalue weighted by molar-refractivity contribution is 5.78. The molecule has 0 bridgehead atoms. The number of nitrogens with zero attached hydrogens (tertiary/aromatic N) is 1. The van der Waals surface area contributed by atoms with E-state index in [4.69, 9.17) is 10.5 Å². The van der Waals surface area contributed by atoms with Crippen LogP contribution in [0, 0.1) is 0 Å². The molecule has 0 amide bonds. The molecule has 0 unspecified atom stereocenters. The molecule has 4 nitrogen and oxygen atoms in total. The normalized spacial score (nSPS) is 10.6. The smallest absolute Gasteiger partial charge is 0.146 e. The Kier molecular flexibility index (Phi) is 3.13. The number of phenolic OH excluding ortho intramolecular Hbond substituents is 1. The van der Waals surface area contributed by atoms with Crippen LogP contribution in [0.2, 0.25) is 0 Å². The zero-order valence-electron chi connectivity index (χ0n) is 10.8. The van der Waals surface area contributed by atoms with E-state index in [9.17, 15) is 5.11 Å². The van der Waals surface area contributed by atoms with E-state index in [1.54, 1.807) is 18.3 Å². The van der Waals surface area contributed by atoms with Crippen LogP contribution in [0.25, 0.3) is 10.9 Å². The molecule has 100 valence electrons. The maximum atomic E-state index is 9.53. The van der Waals surface area contributed by atoms with Crippen molar-refractivity contribution in [2.24, 2.45) is 0 Å². The Morgan fingerprint density at radius 2 is 2.00 bits per heavy atom. The van der Waals surface area contributed by atoms with Crippen LogP contribution in [-0.4, -0.2) is 10.1 Å². The number of phenols is 1. The number of fused-ring (bicyclic) bond motifs is 1. The van der Waals surface area contributed by atoms with E-state index in [0.717, 1.165) is 16.5 Å². The number of nitrogen functional groups attached to an aromatic ring is 1. The third-order valence-corrected chi connectivity index (χ3v) is 3.10. The van der Waals surface area contributed by atoms with Crippen LogP contribution in [0.4, 0.5) is 5.69 Å². The Morgan fingerprint density at radius 3 is 2.90 bits per heavy atom. The molecule has 20 heavy (non-hydrogen) atoms. The van der Waals surface area contributed by atoms with Crippen molar-refractivity contribution < 1.29 is 9.84 Å². The highest BCUT2D eigenvalue weighted by Crippen LogP contribution is 2.30. The van der Waals surface area contributed by atoms with Crippen molar-refractivity contribution in [3.8, 4) is 11.5 Å². The van der Waals surface area contributed by atoms with Crippen LogP contribution in [0.1, 0.15) is 5.56 Å². The number of benzene rings is 2. The number of hydrogen-bond acceptors (Lipinski definition) is 4. The van der Waals surface area contributed by atoms with E-state index in [1.807, 2.05) is 30.3 Å². The molecule has 2 aromatic carbocycles. The van der Waals surface area contributed by atoms with Gasteiger partial charge in [-0.3, -0.25) is 4.98 Å².